The van der Waals surface area contributed by atoms with E-state index in [0.717, 1.165) is 54.9 Å². The van der Waals surface area contributed by atoms with E-state index < -0.39 is 11.6 Å². The van der Waals surface area contributed by atoms with Crippen molar-refractivity contribution < 1.29 is 8.78 Å². The number of fused-ring (bicyclic) bond motifs is 1. The fraction of sp³-hybridized carbons (Fsp3) is 0.227. The maximum absolute atomic E-state index is 14.3. The van der Waals surface area contributed by atoms with Gasteiger partial charge < -0.3 is 11.1 Å². The average Bonchev–Trinajstić information content (AvgIpc) is 3.27. The highest BCUT2D eigenvalue weighted by molar-refractivity contribution is 5.88. The molecule has 0 aliphatic carbocycles. The van der Waals surface area contributed by atoms with Gasteiger partial charge in [-0.05, 0) is 50.2 Å². The van der Waals surface area contributed by atoms with Crippen molar-refractivity contribution in [1.29, 1.82) is 0 Å². The molecule has 1 aliphatic rings. The number of aromatic nitrogens is 4. The lowest BCUT2D eigenvalue weighted by Crippen LogP contribution is -2.27. The van der Waals surface area contributed by atoms with Crippen LogP contribution in [0.1, 0.15) is 24.5 Å². The molecular weight excluding hydrogens is 493 g/mol. The van der Waals surface area contributed by atoms with E-state index in [0.29, 0.717) is 17.2 Å². The highest BCUT2D eigenvalue weighted by atomic mass is 35.5. The Kier molecular flexibility index (Phi) is 8.97. The average molecular weight is 516 g/mol. The molecule has 0 radical (unpaired) electrons. The van der Waals surface area contributed by atoms with Gasteiger partial charge in [0.15, 0.2) is 0 Å². The standard InChI is InChI=1S/C22H20F2N6.3ClH/c23-18-1-2-19(24)17-10-27-20(8-14(17)18)15-7-13(9-28-22(15)25)16-11-29-30-21(16)12-3-5-26-6-4-12;;;/h1-2,7-12,26H,3-6H2,(H2,25,28)(H,29,30);3*1H. The van der Waals surface area contributed by atoms with Crippen molar-refractivity contribution in [2.24, 2.45) is 0 Å². The van der Waals surface area contributed by atoms with Crippen LogP contribution in [0.4, 0.5) is 14.6 Å². The lowest BCUT2D eigenvalue weighted by molar-refractivity contribution is 0.453. The van der Waals surface area contributed by atoms with Crippen LogP contribution in [0.15, 0.2) is 42.9 Å². The lowest BCUT2D eigenvalue weighted by atomic mass is 9.90. The monoisotopic (exact) mass is 514 g/mol. The number of hydrogen-bond donors (Lipinski definition) is 3. The van der Waals surface area contributed by atoms with E-state index in [1.54, 1.807) is 12.4 Å². The summed E-state index contributed by atoms with van der Waals surface area (Å²) in [6, 6.07) is 5.59. The van der Waals surface area contributed by atoms with Crippen molar-refractivity contribution in [1.82, 2.24) is 25.5 Å². The number of nitrogens with zero attached hydrogens (tertiary/aromatic N) is 3. The Morgan fingerprint density at radius 1 is 0.848 bits per heavy atom. The van der Waals surface area contributed by atoms with Gasteiger partial charge >= 0.3 is 0 Å². The highest BCUT2D eigenvalue weighted by Gasteiger charge is 2.22. The van der Waals surface area contributed by atoms with Gasteiger partial charge in [-0.25, -0.2) is 13.8 Å². The van der Waals surface area contributed by atoms with E-state index in [-0.39, 0.29) is 53.8 Å². The Morgan fingerprint density at radius 3 is 2.27 bits per heavy atom. The molecule has 4 heterocycles. The Balaban J connectivity index is 0.00000128. The van der Waals surface area contributed by atoms with E-state index in [2.05, 4.69) is 25.5 Å². The number of pyridine rings is 2. The molecule has 0 bridgehead atoms. The number of H-pyrrole nitrogens is 1. The lowest BCUT2D eigenvalue weighted by Gasteiger charge is -2.22. The van der Waals surface area contributed by atoms with Crippen molar-refractivity contribution in [2.45, 2.75) is 18.8 Å². The molecule has 176 valence electrons. The SMILES string of the molecule is Cl.Cl.Cl.Nc1ncc(-c2cn[nH]c2C2CCNCC2)cc1-c1cc2c(F)ccc(F)c2cn1. The van der Waals surface area contributed by atoms with Crippen molar-refractivity contribution in [2.75, 3.05) is 18.8 Å². The van der Waals surface area contributed by atoms with Gasteiger partial charge in [-0.15, -0.1) is 37.2 Å². The van der Waals surface area contributed by atoms with Gasteiger partial charge in [0.2, 0.25) is 0 Å². The maximum atomic E-state index is 14.3. The molecule has 1 aliphatic heterocycles. The molecule has 1 aromatic carbocycles. The summed E-state index contributed by atoms with van der Waals surface area (Å²) in [5.41, 5.74) is 10.0. The molecule has 4 N–H and O–H groups in total. The first-order valence-electron chi connectivity index (χ1n) is 9.86. The first kappa shape index (κ1) is 26.7. The minimum Gasteiger partial charge on any atom is -0.383 e. The summed E-state index contributed by atoms with van der Waals surface area (Å²) >= 11 is 0. The number of anilines is 1. The van der Waals surface area contributed by atoms with Crippen molar-refractivity contribution in [3.8, 4) is 22.4 Å². The summed E-state index contributed by atoms with van der Waals surface area (Å²) in [7, 11) is 0. The topological polar surface area (TPSA) is 92.5 Å². The van der Waals surface area contributed by atoms with Crippen LogP contribution in [0.3, 0.4) is 0 Å². The van der Waals surface area contributed by atoms with E-state index in [9.17, 15) is 8.78 Å². The second-order valence-corrected chi connectivity index (χ2v) is 7.52. The maximum Gasteiger partial charge on any atom is 0.132 e. The molecule has 3 aromatic heterocycles. The van der Waals surface area contributed by atoms with Gasteiger partial charge in [-0.3, -0.25) is 10.1 Å². The van der Waals surface area contributed by atoms with Crippen LogP contribution in [-0.2, 0) is 0 Å². The number of benzene rings is 1. The molecule has 0 unspecified atom stereocenters. The molecule has 6 nitrogen and oxygen atoms in total. The molecule has 1 fully saturated rings. The Hall–Kier alpha value is -2.52. The fourth-order valence-electron chi connectivity index (χ4n) is 4.09. The molecule has 33 heavy (non-hydrogen) atoms. The largest absolute Gasteiger partial charge is 0.383 e. The summed E-state index contributed by atoms with van der Waals surface area (Å²) in [6.45, 7) is 1.94. The Morgan fingerprint density at radius 2 is 1.55 bits per heavy atom. The molecule has 4 aromatic rings. The number of aromatic amines is 1. The fourth-order valence-corrected chi connectivity index (χ4v) is 4.09. The van der Waals surface area contributed by atoms with Gasteiger partial charge in [0.25, 0.3) is 0 Å². The quantitative estimate of drug-likeness (QED) is 0.345. The minimum absolute atomic E-state index is 0. The zero-order chi connectivity index (χ0) is 20.7. The summed E-state index contributed by atoms with van der Waals surface area (Å²) in [5, 5.41) is 11.0. The summed E-state index contributed by atoms with van der Waals surface area (Å²) in [6.07, 6.45) is 6.88. The third-order valence-corrected chi connectivity index (χ3v) is 5.72. The van der Waals surface area contributed by atoms with Crippen LogP contribution in [0.2, 0.25) is 0 Å². The Bertz CT molecular complexity index is 1240. The third kappa shape index (κ3) is 5.04. The number of nitrogens with two attached hydrogens (primary N) is 1. The number of nitrogens with one attached hydrogen (secondary N) is 2. The molecule has 5 rings (SSSR count). The first-order valence-corrected chi connectivity index (χ1v) is 9.86. The van der Waals surface area contributed by atoms with Crippen LogP contribution < -0.4 is 11.1 Å². The van der Waals surface area contributed by atoms with Gasteiger partial charge in [-0.2, -0.15) is 5.10 Å². The smallest absolute Gasteiger partial charge is 0.132 e. The van der Waals surface area contributed by atoms with Gasteiger partial charge in [0.1, 0.15) is 17.5 Å². The van der Waals surface area contributed by atoms with E-state index in [4.69, 9.17) is 5.73 Å². The minimum atomic E-state index is -0.518. The molecule has 0 atom stereocenters. The van der Waals surface area contributed by atoms with Crippen molar-refractivity contribution >= 4 is 53.8 Å². The summed E-state index contributed by atoms with van der Waals surface area (Å²) in [5.74, 6) is -0.369. The number of halogens is 5. The van der Waals surface area contributed by atoms with Crippen LogP contribution >= 0.6 is 37.2 Å². The summed E-state index contributed by atoms with van der Waals surface area (Å²) < 4.78 is 28.3. The predicted octanol–water partition coefficient (Wildman–Crippen LogP) is 5.28. The van der Waals surface area contributed by atoms with Gasteiger partial charge in [-0.1, -0.05) is 0 Å². The highest BCUT2D eigenvalue weighted by Crippen LogP contribution is 2.35. The second-order valence-electron chi connectivity index (χ2n) is 7.52. The second kappa shape index (κ2) is 11.1. The number of rotatable bonds is 3. The van der Waals surface area contributed by atoms with E-state index >= 15 is 0 Å². The molecule has 1 saturated heterocycles. The van der Waals surface area contributed by atoms with Gasteiger partial charge in [0.05, 0.1) is 11.9 Å². The predicted molar refractivity (Wildman–Crippen MR) is 133 cm³/mol. The van der Waals surface area contributed by atoms with E-state index in [1.807, 2.05) is 6.07 Å². The molecular formula is C22H23Cl3F2N6. The van der Waals surface area contributed by atoms with Crippen molar-refractivity contribution in [3.63, 3.8) is 0 Å². The van der Waals surface area contributed by atoms with Crippen LogP contribution in [0.5, 0.6) is 0 Å². The Labute approximate surface area is 208 Å². The van der Waals surface area contributed by atoms with Crippen LogP contribution in [0, 0.1) is 11.6 Å². The molecule has 11 heteroatoms. The zero-order valence-electron chi connectivity index (χ0n) is 17.3. The van der Waals surface area contributed by atoms with Crippen LogP contribution in [0.25, 0.3) is 33.2 Å². The molecule has 0 spiro atoms. The third-order valence-electron chi connectivity index (χ3n) is 5.72. The van der Waals surface area contributed by atoms with Crippen LogP contribution in [-0.4, -0.2) is 33.3 Å². The zero-order valence-corrected chi connectivity index (χ0v) is 19.8. The van der Waals surface area contributed by atoms with Gasteiger partial charge in [0, 0.05) is 51.5 Å². The number of piperidine rings is 1. The number of nitrogen functional groups attached to an aromatic ring is 1. The normalized spacial score (nSPS) is 13.6. The van der Waals surface area contributed by atoms with Crippen molar-refractivity contribution in [3.05, 3.63) is 60.2 Å². The molecule has 0 amide bonds. The molecule has 0 saturated carbocycles. The first-order chi connectivity index (χ1) is 14.6. The summed E-state index contributed by atoms with van der Waals surface area (Å²) in [4.78, 5) is 8.65. The van der Waals surface area contributed by atoms with E-state index in [1.165, 1.54) is 12.3 Å². The number of hydrogen-bond acceptors (Lipinski definition) is 5.